The van der Waals surface area contributed by atoms with Crippen LogP contribution in [0.25, 0.3) is 0 Å². The van der Waals surface area contributed by atoms with Crippen LogP contribution in [0.2, 0.25) is 5.15 Å². The van der Waals surface area contributed by atoms with Crippen molar-refractivity contribution in [2.45, 2.75) is 12.8 Å². The van der Waals surface area contributed by atoms with Crippen molar-refractivity contribution in [3.05, 3.63) is 32.7 Å². The molecule has 0 aliphatic carbocycles. The maximum atomic E-state index is 12.2. The molecule has 1 rings (SSSR count). The minimum atomic E-state index is -2.78. The van der Waals surface area contributed by atoms with Crippen molar-refractivity contribution in [2.75, 3.05) is 0 Å². The molecule has 1 heterocycles. The average molecular weight is 219 g/mol. The van der Waals surface area contributed by atoms with Crippen LogP contribution < -0.4 is 5.43 Å². The predicted octanol–water partition coefficient (Wildman–Crippen LogP) is 2.03. The SMILES string of the molecule is N#CCc1c(Cl)[nH]c(C(F)F)cc1=O. The second kappa shape index (κ2) is 4.20. The van der Waals surface area contributed by atoms with Gasteiger partial charge in [-0.3, -0.25) is 4.79 Å². The van der Waals surface area contributed by atoms with Gasteiger partial charge in [0.05, 0.1) is 18.2 Å². The Bertz CT molecular complexity index is 436. The number of nitrogens with zero attached hydrogens (tertiary/aromatic N) is 1. The Morgan fingerprint density at radius 3 is 2.71 bits per heavy atom. The van der Waals surface area contributed by atoms with E-state index in [0.29, 0.717) is 0 Å². The number of alkyl halides is 2. The van der Waals surface area contributed by atoms with E-state index in [1.54, 1.807) is 6.07 Å². The number of H-pyrrole nitrogens is 1. The van der Waals surface area contributed by atoms with Gasteiger partial charge in [-0.05, 0) is 0 Å². The molecular weight excluding hydrogens is 214 g/mol. The number of hydrogen-bond acceptors (Lipinski definition) is 2. The van der Waals surface area contributed by atoms with Crippen LogP contribution in [-0.2, 0) is 6.42 Å². The Balaban J connectivity index is 3.27. The van der Waals surface area contributed by atoms with Crippen LogP contribution in [0.1, 0.15) is 17.7 Å². The van der Waals surface area contributed by atoms with Crippen molar-refractivity contribution in [1.29, 1.82) is 5.26 Å². The normalized spacial score (nSPS) is 10.2. The molecule has 0 saturated carbocycles. The lowest BCUT2D eigenvalue weighted by Crippen LogP contribution is -2.11. The molecule has 0 aromatic carbocycles. The summed E-state index contributed by atoms with van der Waals surface area (Å²) < 4.78 is 24.3. The van der Waals surface area contributed by atoms with Gasteiger partial charge in [0, 0.05) is 11.6 Å². The molecule has 14 heavy (non-hydrogen) atoms. The molecule has 0 unspecified atom stereocenters. The van der Waals surface area contributed by atoms with Crippen molar-refractivity contribution >= 4 is 11.6 Å². The van der Waals surface area contributed by atoms with Gasteiger partial charge in [0.25, 0.3) is 6.43 Å². The lowest BCUT2D eigenvalue weighted by molar-refractivity contribution is 0.146. The van der Waals surface area contributed by atoms with E-state index < -0.39 is 17.5 Å². The van der Waals surface area contributed by atoms with E-state index in [9.17, 15) is 13.6 Å². The Hall–Kier alpha value is -1.41. The Kier molecular flexibility index (Phi) is 3.20. The lowest BCUT2D eigenvalue weighted by atomic mass is 10.2. The molecule has 6 heteroatoms. The van der Waals surface area contributed by atoms with Gasteiger partial charge in [-0.1, -0.05) is 11.6 Å². The lowest BCUT2D eigenvalue weighted by Gasteiger charge is -2.03. The number of nitriles is 1. The van der Waals surface area contributed by atoms with Crippen molar-refractivity contribution in [1.82, 2.24) is 4.98 Å². The summed E-state index contributed by atoms with van der Waals surface area (Å²) >= 11 is 5.52. The maximum absolute atomic E-state index is 12.2. The van der Waals surface area contributed by atoms with Crippen LogP contribution >= 0.6 is 11.6 Å². The second-order valence-corrected chi connectivity index (χ2v) is 2.90. The first-order valence-corrected chi connectivity index (χ1v) is 4.00. The van der Waals surface area contributed by atoms with Gasteiger partial charge in [-0.2, -0.15) is 5.26 Å². The van der Waals surface area contributed by atoms with Crippen LogP contribution in [0.5, 0.6) is 0 Å². The fraction of sp³-hybridized carbons (Fsp3) is 0.250. The molecule has 1 aromatic heterocycles. The molecular formula is C8H5ClF2N2O. The summed E-state index contributed by atoms with van der Waals surface area (Å²) in [7, 11) is 0. The van der Waals surface area contributed by atoms with Gasteiger partial charge in [0.1, 0.15) is 5.15 Å². The van der Waals surface area contributed by atoms with Crippen molar-refractivity contribution < 1.29 is 8.78 Å². The predicted molar refractivity (Wildman–Crippen MR) is 46.3 cm³/mol. The van der Waals surface area contributed by atoms with Crippen LogP contribution in [0.3, 0.4) is 0 Å². The fourth-order valence-electron chi connectivity index (χ4n) is 0.936. The number of rotatable bonds is 2. The first-order valence-electron chi connectivity index (χ1n) is 3.63. The number of nitrogens with one attached hydrogen (secondary N) is 1. The highest BCUT2D eigenvalue weighted by Gasteiger charge is 2.13. The molecule has 0 bridgehead atoms. The topological polar surface area (TPSA) is 56.6 Å². The number of hydrogen-bond donors (Lipinski definition) is 1. The summed E-state index contributed by atoms with van der Waals surface area (Å²) in [4.78, 5) is 13.3. The summed E-state index contributed by atoms with van der Waals surface area (Å²) in [5, 5.41) is 8.14. The summed E-state index contributed by atoms with van der Waals surface area (Å²) in [6.07, 6.45) is -2.98. The van der Waals surface area contributed by atoms with Crippen LogP contribution in [0, 0.1) is 11.3 Å². The Morgan fingerprint density at radius 2 is 2.29 bits per heavy atom. The molecule has 1 N–H and O–H groups in total. The third kappa shape index (κ3) is 2.09. The molecule has 0 saturated heterocycles. The highest BCUT2D eigenvalue weighted by molar-refractivity contribution is 6.30. The third-order valence-corrected chi connectivity index (χ3v) is 1.92. The third-order valence-electron chi connectivity index (χ3n) is 1.59. The highest BCUT2D eigenvalue weighted by atomic mass is 35.5. The van der Waals surface area contributed by atoms with Crippen molar-refractivity contribution in [3.63, 3.8) is 0 Å². The molecule has 3 nitrogen and oxygen atoms in total. The molecule has 0 aliphatic rings. The first kappa shape index (κ1) is 10.7. The zero-order valence-corrected chi connectivity index (χ0v) is 7.61. The minimum Gasteiger partial charge on any atom is -0.344 e. The number of aromatic nitrogens is 1. The molecule has 0 fully saturated rings. The molecule has 0 aliphatic heterocycles. The molecule has 0 amide bonds. The summed E-state index contributed by atoms with van der Waals surface area (Å²) in [6.45, 7) is 0. The minimum absolute atomic E-state index is 0.0126. The average Bonchev–Trinajstić information content (AvgIpc) is 2.10. The number of pyridine rings is 1. The summed E-state index contributed by atoms with van der Waals surface area (Å²) in [5.74, 6) is 0. The van der Waals surface area contributed by atoms with Gasteiger partial charge in [-0.25, -0.2) is 8.78 Å². The number of halogens is 3. The number of aromatic amines is 1. The van der Waals surface area contributed by atoms with E-state index in [1.165, 1.54) is 0 Å². The smallest absolute Gasteiger partial charge is 0.278 e. The molecule has 74 valence electrons. The van der Waals surface area contributed by atoms with E-state index in [4.69, 9.17) is 16.9 Å². The van der Waals surface area contributed by atoms with Crippen LogP contribution in [-0.4, -0.2) is 4.98 Å². The molecule has 0 radical (unpaired) electrons. The maximum Gasteiger partial charge on any atom is 0.278 e. The Labute approximate surface area is 82.9 Å². The van der Waals surface area contributed by atoms with E-state index in [0.717, 1.165) is 6.07 Å². The molecule has 1 aromatic rings. The van der Waals surface area contributed by atoms with E-state index in [1.807, 2.05) is 0 Å². The van der Waals surface area contributed by atoms with Gasteiger partial charge >= 0.3 is 0 Å². The van der Waals surface area contributed by atoms with Crippen LogP contribution in [0.15, 0.2) is 10.9 Å². The largest absolute Gasteiger partial charge is 0.344 e. The fourth-order valence-corrected chi connectivity index (χ4v) is 1.21. The first-order chi connectivity index (χ1) is 6.56. The van der Waals surface area contributed by atoms with Crippen molar-refractivity contribution in [2.24, 2.45) is 0 Å². The van der Waals surface area contributed by atoms with E-state index in [-0.39, 0.29) is 17.1 Å². The van der Waals surface area contributed by atoms with Gasteiger partial charge in [0.2, 0.25) is 0 Å². The second-order valence-electron chi connectivity index (χ2n) is 2.52. The monoisotopic (exact) mass is 218 g/mol. The molecule has 0 spiro atoms. The molecule has 0 atom stereocenters. The van der Waals surface area contributed by atoms with Gasteiger partial charge in [-0.15, -0.1) is 0 Å². The van der Waals surface area contributed by atoms with Crippen molar-refractivity contribution in [3.8, 4) is 6.07 Å². The zero-order valence-electron chi connectivity index (χ0n) is 6.85. The summed E-state index contributed by atoms with van der Waals surface area (Å²) in [5.41, 5.74) is -1.18. The van der Waals surface area contributed by atoms with E-state index >= 15 is 0 Å². The zero-order chi connectivity index (χ0) is 10.7. The Morgan fingerprint density at radius 1 is 1.64 bits per heavy atom. The summed E-state index contributed by atoms with van der Waals surface area (Å²) in [6, 6.07) is 2.48. The van der Waals surface area contributed by atoms with E-state index in [2.05, 4.69) is 4.98 Å². The van der Waals surface area contributed by atoms with Crippen LogP contribution in [0.4, 0.5) is 8.78 Å². The van der Waals surface area contributed by atoms with Gasteiger partial charge in [0.15, 0.2) is 5.43 Å². The standard InChI is InChI=1S/C8H5ClF2N2O/c9-7-4(1-2-12)6(14)3-5(13-7)8(10)11/h3,8H,1H2,(H,13,14). The van der Waals surface area contributed by atoms with Gasteiger partial charge < -0.3 is 4.98 Å². The quantitative estimate of drug-likeness (QED) is 0.773. The highest BCUT2D eigenvalue weighted by Crippen LogP contribution is 2.18.